The number of likely N-dealkylation sites (tertiary alicyclic amines) is 1. The molecule has 4 rings (SSSR count). The van der Waals surface area contributed by atoms with Crippen LogP contribution in [0, 0.1) is 0 Å². The number of phenols is 1. The van der Waals surface area contributed by atoms with Crippen molar-refractivity contribution in [3.63, 3.8) is 0 Å². The molecule has 1 saturated heterocycles. The first-order chi connectivity index (χ1) is 17.7. The first kappa shape index (κ1) is 28.0. The number of nitrogens with zero attached hydrogens (tertiary/aromatic N) is 1. The van der Waals surface area contributed by atoms with Crippen molar-refractivity contribution in [2.24, 2.45) is 0 Å². The molecule has 0 radical (unpaired) electrons. The van der Waals surface area contributed by atoms with E-state index < -0.39 is 12.1 Å². The van der Waals surface area contributed by atoms with Crippen LogP contribution in [0.2, 0.25) is 0 Å². The molecule has 1 aliphatic rings. The van der Waals surface area contributed by atoms with Crippen molar-refractivity contribution < 1.29 is 37.7 Å². The highest BCUT2D eigenvalue weighted by atomic mass is 19.4. The van der Waals surface area contributed by atoms with Crippen LogP contribution in [0.1, 0.15) is 35.6 Å². The number of benzene rings is 3. The van der Waals surface area contributed by atoms with Gasteiger partial charge in [-0.1, -0.05) is 72.8 Å². The number of alkyl halides is 3. The largest absolute Gasteiger partial charge is 0.504 e. The van der Waals surface area contributed by atoms with E-state index >= 15 is 0 Å². The number of carboxylic acids is 1. The SMILES string of the molecule is COc1cccc(CN2CCCC(OC(c3ccccc3)c3ccccc3)C2)c1O.O=C(O)C(F)(F)F. The van der Waals surface area contributed by atoms with Crippen molar-refractivity contribution in [3.8, 4) is 11.5 Å². The molecule has 0 amide bonds. The number of ether oxygens (including phenoxy) is 2. The third kappa shape index (κ3) is 8.23. The van der Waals surface area contributed by atoms with Crippen LogP contribution in [-0.2, 0) is 16.1 Å². The van der Waals surface area contributed by atoms with Crippen LogP contribution >= 0.6 is 0 Å². The molecule has 9 heteroatoms. The van der Waals surface area contributed by atoms with E-state index in [0.29, 0.717) is 12.3 Å². The van der Waals surface area contributed by atoms with Gasteiger partial charge in [0.2, 0.25) is 0 Å². The van der Waals surface area contributed by atoms with Crippen molar-refractivity contribution in [2.45, 2.75) is 37.8 Å². The van der Waals surface area contributed by atoms with Gasteiger partial charge in [0.05, 0.1) is 13.2 Å². The maximum Gasteiger partial charge on any atom is 0.490 e. The number of hydrogen-bond donors (Lipinski definition) is 2. The molecule has 0 aromatic heterocycles. The van der Waals surface area contributed by atoms with Crippen LogP contribution in [0.3, 0.4) is 0 Å². The Morgan fingerprint density at radius 3 is 2.08 bits per heavy atom. The summed E-state index contributed by atoms with van der Waals surface area (Å²) in [4.78, 5) is 11.3. The fourth-order valence-electron chi connectivity index (χ4n) is 4.17. The Balaban J connectivity index is 0.000000479. The van der Waals surface area contributed by atoms with Gasteiger partial charge >= 0.3 is 12.1 Å². The highest BCUT2D eigenvalue weighted by molar-refractivity contribution is 5.73. The number of piperidine rings is 1. The lowest BCUT2D eigenvalue weighted by Crippen LogP contribution is -2.39. The van der Waals surface area contributed by atoms with E-state index in [1.54, 1.807) is 13.2 Å². The Bertz CT molecular complexity index is 1090. The third-order valence-corrected chi connectivity index (χ3v) is 5.93. The third-order valence-electron chi connectivity index (χ3n) is 5.93. The summed E-state index contributed by atoms with van der Waals surface area (Å²) in [6.07, 6.45) is -2.91. The molecule has 3 aromatic rings. The molecule has 2 N–H and O–H groups in total. The standard InChI is InChI=1S/C26H29NO3.C2HF3O2/c1-29-24-16-8-14-22(25(24)28)18-27-17-9-15-23(19-27)30-26(20-10-4-2-5-11-20)21-12-6-3-7-13-21;3-2(4,5)1(6)7/h2-8,10-14,16,23,26,28H,9,15,17-19H2,1H3;(H,6,7). The number of aliphatic carboxylic acids is 1. The number of halogens is 3. The van der Waals surface area contributed by atoms with Gasteiger partial charge in [-0.2, -0.15) is 13.2 Å². The first-order valence-electron chi connectivity index (χ1n) is 11.8. The van der Waals surface area contributed by atoms with Gasteiger partial charge in [-0.15, -0.1) is 0 Å². The van der Waals surface area contributed by atoms with Gasteiger partial charge in [-0.25, -0.2) is 4.79 Å². The minimum atomic E-state index is -5.08. The average molecular weight is 518 g/mol. The number of aromatic hydroxyl groups is 1. The van der Waals surface area contributed by atoms with Gasteiger partial charge in [-0.05, 0) is 36.6 Å². The predicted octanol–water partition coefficient (Wildman–Crippen LogP) is 5.80. The van der Waals surface area contributed by atoms with Gasteiger partial charge in [-0.3, -0.25) is 4.90 Å². The average Bonchev–Trinajstić information content (AvgIpc) is 2.89. The van der Waals surface area contributed by atoms with Crippen LogP contribution in [0.5, 0.6) is 11.5 Å². The Morgan fingerprint density at radius 1 is 1.00 bits per heavy atom. The van der Waals surface area contributed by atoms with Crippen molar-refractivity contribution in [1.29, 1.82) is 0 Å². The molecule has 0 saturated carbocycles. The summed E-state index contributed by atoms with van der Waals surface area (Å²) < 4.78 is 43.7. The Kier molecular flexibility index (Phi) is 9.93. The Labute approximate surface area is 213 Å². The molecule has 1 aliphatic heterocycles. The summed E-state index contributed by atoms with van der Waals surface area (Å²) in [5.41, 5.74) is 3.23. The summed E-state index contributed by atoms with van der Waals surface area (Å²) in [6, 6.07) is 26.5. The lowest BCUT2D eigenvalue weighted by atomic mass is 10.00. The topological polar surface area (TPSA) is 79.2 Å². The molecule has 0 bridgehead atoms. The highest BCUT2D eigenvalue weighted by Crippen LogP contribution is 2.32. The van der Waals surface area contributed by atoms with Gasteiger partial charge in [0, 0.05) is 18.7 Å². The second-order valence-electron chi connectivity index (χ2n) is 8.61. The lowest BCUT2D eigenvalue weighted by molar-refractivity contribution is -0.192. The van der Waals surface area contributed by atoms with Crippen molar-refractivity contribution >= 4 is 5.97 Å². The number of carbonyl (C=O) groups is 1. The molecule has 3 aromatic carbocycles. The van der Waals surface area contributed by atoms with Gasteiger partial charge in [0.15, 0.2) is 11.5 Å². The smallest absolute Gasteiger partial charge is 0.490 e. The Hall–Kier alpha value is -3.56. The van der Waals surface area contributed by atoms with E-state index in [1.165, 1.54) is 11.1 Å². The van der Waals surface area contributed by atoms with Gasteiger partial charge in [0.1, 0.15) is 6.10 Å². The van der Waals surface area contributed by atoms with E-state index in [9.17, 15) is 18.3 Å². The molecular formula is C28H30F3NO5. The molecule has 0 aliphatic carbocycles. The van der Waals surface area contributed by atoms with E-state index in [2.05, 4.69) is 53.4 Å². The first-order valence-corrected chi connectivity index (χ1v) is 11.8. The second-order valence-corrected chi connectivity index (χ2v) is 8.61. The van der Waals surface area contributed by atoms with Crippen molar-refractivity contribution in [1.82, 2.24) is 4.90 Å². The summed E-state index contributed by atoms with van der Waals surface area (Å²) in [6.45, 7) is 2.52. The molecule has 0 spiro atoms. The molecule has 6 nitrogen and oxygen atoms in total. The number of rotatable bonds is 7. The minimum absolute atomic E-state index is 0.0810. The zero-order valence-corrected chi connectivity index (χ0v) is 20.4. The quantitative estimate of drug-likeness (QED) is 0.412. The molecular weight excluding hydrogens is 487 g/mol. The van der Waals surface area contributed by atoms with Crippen LogP contribution in [0.15, 0.2) is 78.9 Å². The zero-order valence-electron chi connectivity index (χ0n) is 20.4. The predicted molar refractivity (Wildman–Crippen MR) is 132 cm³/mol. The zero-order chi connectivity index (χ0) is 26.8. The molecule has 1 atom stereocenters. The van der Waals surface area contributed by atoms with Crippen molar-refractivity contribution in [2.75, 3.05) is 20.2 Å². The summed E-state index contributed by atoms with van der Waals surface area (Å²) in [7, 11) is 1.58. The number of phenolic OH excluding ortho intramolecular Hbond substituents is 1. The number of carboxylic acid groups (broad SMARTS) is 1. The molecule has 37 heavy (non-hydrogen) atoms. The number of para-hydroxylation sites is 1. The van der Waals surface area contributed by atoms with E-state index in [0.717, 1.165) is 31.5 Å². The lowest BCUT2D eigenvalue weighted by Gasteiger charge is -2.35. The second kappa shape index (κ2) is 13.1. The molecule has 1 fully saturated rings. The van der Waals surface area contributed by atoms with Crippen LogP contribution < -0.4 is 4.74 Å². The minimum Gasteiger partial charge on any atom is -0.504 e. The number of hydrogen-bond acceptors (Lipinski definition) is 5. The van der Waals surface area contributed by atoms with Crippen molar-refractivity contribution in [3.05, 3.63) is 95.6 Å². The summed E-state index contributed by atoms with van der Waals surface area (Å²) in [5.74, 6) is -2.01. The highest BCUT2D eigenvalue weighted by Gasteiger charge is 2.38. The van der Waals surface area contributed by atoms with Gasteiger partial charge in [0.25, 0.3) is 0 Å². The maximum atomic E-state index is 10.6. The Morgan fingerprint density at radius 2 is 1.57 bits per heavy atom. The molecule has 198 valence electrons. The maximum absolute atomic E-state index is 10.6. The van der Waals surface area contributed by atoms with Gasteiger partial charge < -0.3 is 19.7 Å². The summed E-state index contributed by atoms with van der Waals surface area (Å²) >= 11 is 0. The summed E-state index contributed by atoms with van der Waals surface area (Å²) in [5, 5.41) is 17.6. The van der Waals surface area contributed by atoms with E-state index in [-0.39, 0.29) is 18.0 Å². The molecule has 1 unspecified atom stereocenters. The van der Waals surface area contributed by atoms with E-state index in [4.69, 9.17) is 19.4 Å². The number of methoxy groups -OCH3 is 1. The van der Waals surface area contributed by atoms with E-state index in [1.807, 2.05) is 24.3 Å². The normalized spacial score (nSPS) is 16.1. The van der Waals surface area contributed by atoms with Crippen LogP contribution in [0.4, 0.5) is 13.2 Å². The molecule has 1 heterocycles. The van der Waals surface area contributed by atoms with Crippen LogP contribution in [0.25, 0.3) is 0 Å². The monoisotopic (exact) mass is 517 g/mol. The fraction of sp³-hybridized carbons (Fsp3) is 0.321. The van der Waals surface area contributed by atoms with Crippen LogP contribution in [-0.4, -0.2) is 53.6 Å². The fourth-order valence-corrected chi connectivity index (χ4v) is 4.17.